The molecule has 26 aromatic rings. The number of aromatic nitrogens is 12. The number of imidazole rings is 6. The van der Waals surface area contributed by atoms with E-state index in [1.807, 2.05) is 23.5 Å². The number of hydrogen-bond donors (Lipinski definition) is 0. The Morgan fingerprint density at radius 1 is 0.266 bits per heavy atom. The second-order valence-corrected chi connectivity index (χ2v) is 47.1. The maximum absolute atomic E-state index is 4.95. The average Bonchev–Trinajstić information content (AvgIpc) is 1.59. The van der Waals surface area contributed by atoms with Gasteiger partial charge in [-0.2, -0.15) is 0 Å². The van der Waals surface area contributed by atoms with Gasteiger partial charge in [-0.1, -0.05) is 314 Å². The molecule has 12 aromatic heterocycles. The molecule has 0 aliphatic carbocycles. The molecule has 0 radical (unpaired) electrons. The molecule has 143 heavy (non-hydrogen) atoms. The van der Waals surface area contributed by atoms with Gasteiger partial charge in [0.15, 0.2) is 0 Å². The van der Waals surface area contributed by atoms with Crippen LogP contribution in [-0.4, -0.2) is 56.3 Å². The fourth-order valence-corrected chi connectivity index (χ4v) is 28.3. The van der Waals surface area contributed by atoms with Gasteiger partial charge >= 0.3 is 0 Å². The summed E-state index contributed by atoms with van der Waals surface area (Å²) in [6.07, 6.45) is 13.5. The first-order valence-corrected chi connectivity index (χ1v) is 52.2. The van der Waals surface area contributed by atoms with Crippen molar-refractivity contribution < 1.29 is 0 Å². The number of thioether (sulfide) groups is 2. The second kappa shape index (κ2) is 31.3. The van der Waals surface area contributed by atoms with Crippen molar-refractivity contribution in [2.45, 2.75) is 185 Å². The standard InChI is InChI=1S/C25H20N2.C24H18N2.C21H20N2.C20H18N2S.C20H18N2.C19H16N2S/c1-25(2)14-17-15-26-24-20-11-7-6-10-19(20)22-18(16-8-4-3-5-9-16)12-13-21(25)23(22)27(17)24;1-15-21(16-7-3-2-4-8-16)13-17-11-12-18-14-25-24-20-10-6-5-9-19(20)22(15)23(17)26(18)24;1-12-9-10-16-19-18(12)14-7-5-6-8-15(14)20-22-13(2)17(23(19)20)11-21(16,3)4;1-11-9-10-15-17-16(11)13-7-5-6-8-14(13)18-21-12(2)19(22(17)18)23-20(15,3)4;1-12-8-9-13-10-20(2,3)16-11-21-19-15-7-5-4-6-14(15)17(12)18(13)22(16)19;1-11-8-9-14-17-16(11)12-6-4-5-7-13(12)18-20-10-15(21(17)18)19(2,3)22-14/h3-13,15H,14H2,1-2H3;2-10,13-14H,11-12H2,1H3;5-10H,11H2,1-4H3;5-10H,1-4H3;4-9,11H,10H2,1-3H3;4-10H,1-3H3. The Bertz CT molecular complexity index is 9730. The molecule has 0 N–H and O–H groups in total. The van der Waals surface area contributed by atoms with Gasteiger partial charge in [0, 0.05) is 121 Å². The number of benzene rings is 14. The highest BCUT2D eigenvalue weighted by atomic mass is 32.2. The van der Waals surface area contributed by atoms with E-state index in [2.05, 4.69) is 442 Å². The van der Waals surface area contributed by atoms with Crippen LogP contribution in [0, 0.1) is 48.5 Å². The van der Waals surface area contributed by atoms with Crippen LogP contribution >= 0.6 is 23.5 Å². The van der Waals surface area contributed by atoms with Crippen LogP contribution in [0.4, 0.5) is 0 Å². The molecule has 14 aromatic carbocycles. The van der Waals surface area contributed by atoms with E-state index in [0.29, 0.717) is 0 Å². The number of pyridine rings is 6. The summed E-state index contributed by atoms with van der Waals surface area (Å²) >= 11 is 3.87. The van der Waals surface area contributed by atoms with Crippen molar-refractivity contribution >= 4 is 187 Å². The molecule has 14 heteroatoms. The first-order valence-electron chi connectivity index (χ1n) is 50.6. The summed E-state index contributed by atoms with van der Waals surface area (Å²) in [4.78, 5) is 30.4. The third-order valence-electron chi connectivity index (χ3n) is 32.6. The quantitative estimate of drug-likeness (QED) is 0.158. The lowest BCUT2D eigenvalue weighted by Gasteiger charge is -2.32. The van der Waals surface area contributed by atoms with Crippen LogP contribution in [0.25, 0.3) is 186 Å². The fraction of sp³-hybridized carbons (Fsp3) is 0.209. The lowest BCUT2D eigenvalue weighted by Crippen LogP contribution is -2.27. The van der Waals surface area contributed by atoms with Gasteiger partial charge in [0.1, 0.15) is 38.9 Å². The molecule has 32 rings (SSSR count). The summed E-state index contributed by atoms with van der Waals surface area (Å²) in [5.41, 5.74) is 43.0. The minimum absolute atomic E-state index is 0.0388. The van der Waals surface area contributed by atoms with Crippen molar-refractivity contribution in [1.82, 2.24) is 56.3 Å². The molecular formula is C129H110N12S2. The van der Waals surface area contributed by atoms with Crippen molar-refractivity contribution in [3.63, 3.8) is 0 Å². The topological polar surface area (TPSA) is 104 Å². The minimum atomic E-state index is 0.0388. The number of fused-ring (bicyclic) bond motifs is 18. The third-order valence-corrected chi connectivity index (χ3v) is 35.2. The molecule has 12 nitrogen and oxygen atoms in total. The van der Waals surface area contributed by atoms with Gasteiger partial charge in [0.25, 0.3) is 0 Å². The largest absolute Gasteiger partial charge is 0.296 e. The molecule has 698 valence electrons. The summed E-state index contributed by atoms with van der Waals surface area (Å²) in [6, 6.07) is 98.9. The molecule has 0 bridgehead atoms. The molecule has 0 saturated carbocycles. The van der Waals surface area contributed by atoms with E-state index < -0.39 is 0 Å². The molecule has 0 spiro atoms. The molecule has 6 aliphatic heterocycles. The van der Waals surface area contributed by atoms with Crippen molar-refractivity contribution in [3.8, 4) is 22.3 Å². The summed E-state index contributed by atoms with van der Waals surface area (Å²) in [5.74, 6) is 0. The van der Waals surface area contributed by atoms with E-state index in [0.717, 1.165) is 71.7 Å². The number of aryl methyl sites for hydroxylation is 9. The first-order chi connectivity index (χ1) is 69.1. The molecule has 6 aliphatic rings. The second-order valence-electron chi connectivity index (χ2n) is 43.8. The minimum Gasteiger partial charge on any atom is -0.296 e. The van der Waals surface area contributed by atoms with Gasteiger partial charge in [0.2, 0.25) is 0 Å². The van der Waals surface area contributed by atoms with E-state index in [1.54, 1.807) is 0 Å². The van der Waals surface area contributed by atoms with Gasteiger partial charge in [-0.3, -0.25) is 26.4 Å². The fourth-order valence-electron chi connectivity index (χ4n) is 25.9. The van der Waals surface area contributed by atoms with Crippen LogP contribution in [0.2, 0.25) is 0 Å². The lowest BCUT2D eigenvalue weighted by atomic mass is 9.76. The Labute approximate surface area is 838 Å². The van der Waals surface area contributed by atoms with Crippen LogP contribution in [0.1, 0.15) is 165 Å². The number of nitrogens with zero attached hydrogens (tertiary/aromatic N) is 12. The molecule has 0 amide bonds. The van der Waals surface area contributed by atoms with Gasteiger partial charge < -0.3 is 0 Å². The highest BCUT2D eigenvalue weighted by molar-refractivity contribution is 8.00. The maximum Gasteiger partial charge on any atom is 0.146 e. The van der Waals surface area contributed by atoms with Crippen LogP contribution in [0.5, 0.6) is 0 Å². The maximum atomic E-state index is 4.95. The van der Waals surface area contributed by atoms with Crippen molar-refractivity contribution in [2.24, 2.45) is 0 Å². The van der Waals surface area contributed by atoms with Crippen LogP contribution in [-0.2, 0) is 57.8 Å². The summed E-state index contributed by atoms with van der Waals surface area (Å²) in [7, 11) is 0. The number of rotatable bonds is 2. The Kier molecular flexibility index (Phi) is 19.0. The zero-order valence-corrected chi connectivity index (χ0v) is 85.6. The highest BCUT2D eigenvalue weighted by Gasteiger charge is 2.40. The SMILES string of the molecule is CC1(C)Cc2cnc3c4ccccc4c4c(-c5ccccc5)ccc1c4n23.Cc1c(-c2ccccc2)cc2c3c1c1ccccc1c1ncc(n13)CC2.Cc1ccc2c3c1c1ccccc1c1ncc(n13)C(C)(C)C2.Cc1ccc2c3c1c1ccccc1c1ncc(n13)C(C)(C)S2.Cc1nc2c3ccccc3c3c(C)ccc4c3n2c1CC4(C)C.Cc1nc2c3ccccc3c3c(C)ccc4c3n2c1SC4(C)C. The van der Waals surface area contributed by atoms with Crippen molar-refractivity contribution in [2.75, 3.05) is 0 Å². The van der Waals surface area contributed by atoms with E-state index in [4.69, 9.17) is 29.9 Å². The van der Waals surface area contributed by atoms with E-state index >= 15 is 0 Å². The van der Waals surface area contributed by atoms with Crippen molar-refractivity contribution in [3.05, 3.63) is 393 Å². The third kappa shape index (κ3) is 12.7. The molecule has 0 saturated heterocycles. The van der Waals surface area contributed by atoms with E-state index in [9.17, 15) is 0 Å². The Hall–Kier alpha value is -15.0. The summed E-state index contributed by atoms with van der Waals surface area (Å²) in [6.45, 7) is 38.7. The summed E-state index contributed by atoms with van der Waals surface area (Å²) in [5, 5.41) is 24.8. The summed E-state index contributed by atoms with van der Waals surface area (Å²) < 4.78 is 14.5. The highest BCUT2D eigenvalue weighted by Crippen LogP contribution is 2.56. The first kappa shape index (κ1) is 87.1. The average molecular weight is 1890 g/mol. The van der Waals surface area contributed by atoms with Crippen LogP contribution < -0.4 is 0 Å². The van der Waals surface area contributed by atoms with Crippen LogP contribution in [0.15, 0.2) is 308 Å². The van der Waals surface area contributed by atoms with E-state index in [-0.39, 0.29) is 25.7 Å². The van der Waals surface area contributed by atoms with Gasteiger partial charge in [-0.05, 0) is 241 Å². The predicted octanol–water partition coefficient (Wildman–Crippen LogP) is 32.6. The molecule has 0 atom stereocenters. The number of hydrogen-bond acceptors (Lipinski definition) is 8. The Morgan fingerprint density at radius 3 is 1.23 bits per heavy atom. The van der Waals surface area contributed by atoms with Gasteiger partial charge in [0.05, 0.1) is 61.1 Å². The van der Waals surface area contributed by atoms with Gasteiger partial charge in [-0.15, -0.1) is 11.8 Å². The zero-order chi connectivity index (χ0) is 97.4. The Morgan fingerprint density at radius 2 is 0.664 bits per heavy atom. The smallest absolute Gasteiger partial charge is 0.146 e. The molecular weight excluding hydrogens is 1780 g/mol. The zero-order valence-electron chi connectivity index (χ0n) is 84.0. The van der Waals surface area contributed by atoms with Crippen LogP contribution in [0.3, 0.4) is 0 Å². The molecule has 0 unspecified atom stereocenters. The molecule has 18 heterocycles. The van der Waals surface area contributed by atoms with E-state index in [1.165, 1.54) is 252 Å². The monoisotopic (exact) mass is 1890 g/mol. The molecule has 0 fully saturated rings. The van der Waals surface area contributed by atoms with Gasteiger partial charge in [-0.25, -0.2) is 29.9 Å². The Balaban J connectivity index is 0.0000000857. The normalized spacial score (nSPS) is 15.4. The van der Waals surface area contributed by atoms with Crippen molar-refractivity contribution in [1.29, 1.82) is 0 Å². The lowest BCUT2D eigenvalue weighted by molar-refractivity contribution is 0.494. The predicted molar refractivity (Wildman–Crippen MR) is 601 cm³/mol.